The smallest absolute Gasteiger partial charge is 0.164 e. The summed E-state index contributed by atoms with van der Waals surface area (Å²) in [6, 6.07) is 28.6. The van der Waals surface area contributed by atoms with Crippen molar-refractivity contribution in [3.63, 3.8) is 0 Å². The molecule has 4 heteroatoms. The number of benzene rings is 3. The molecular weight excluding hydrogens is 365 g/mol. The highest BCUT2D eigenvalue weighted by Gasteiger charge is 2.28. The lowest BCUT2D eigenvalue weighted by Gasteiger charge is -2.18. The number of allylic oxidation sites excluding steroid dienone is 2. The number of carbonyl (C=O) groups excluding carboxylic acids is 1. The van der Waals surface area contributed by atoms with Gasteiger partial charge in [0.05, 0.1) is 0 Å². The van der Waals surface area contributed by atoms with Gasteiger partial charge in [-0.3, -0.25) is 4.79 Å². The number of hydrogen-bond donors (Lipinski definition) is 1. The van der Waals surface area contributed by atoms with E-state index in [1.165, 1.54) is 0 Å². The molecule has 0 amide bonds. The van der Waals surface area contributed by atoms with Crippen molar-refractivity contribution >= 4 is 29.2 Å². The standard InChI is InChI=1S/C24H20NO2P/c26-21-16-19(24(17-21)25-20-10-4-1-5-11-20)18-28(27,22-12-6-2-7-13-22)23-14-8-3-9-15-23/h1-15,17-18,25H,16H2/b19-18-. The SMILES string of the molecule is O=C1C=C(Nc2ccccc2)/C(=C\P(=O)(c2ccccc2)c2ccccc2)C1. The number of ketones is 1. The van der Waals surface area contributed by atoms with Gasteiger partial charge >= 0.3 is 0 Å². The van der Waals surface area contributed by atoms with Gasteiger partial charge in [0.1, 0.15) is 0 Å². The Morgan fingerprint density at radius 1 is 0.750 bits per heavy atom. The van der Waals surface area contributed by atoms with E-state index in [1.54, 1.807) is 11.9 Å². The van der Waals surface area contributed by atoms with E-state index in [4.69, 9.17) is 0 Å². The van der Waals surface area contributed by atoms with Gasteiger partial charge in [0.25, 0.3) is 0 Å². The normalized spacial score (nSPS) is 15.5. The first-order valence-electron chi connectivity index (χ1n) is 9.15. The second-order valence-corrected chi connectivity index (χ2v) is 9.28. The van der Waals surface area contributed by atoms with Crippen LogP contribution in [0.25, 0.3) is 0 Å². The Bertz CT molecular complexity index is 1040. The Morgan fingerprint density at radius 3 is 1.79 bits per heavy atom. The third-order valence-electron chi connectivity index (χ3n) is 4.69. The minimum atomic E-state index is -3.04. The van der Waals surface area contributed by atoms with Crippen LogP contribution in [0.4, 0.5) is 5.69 Å². The van der Waals surface area contributed by atoms with Crippen molar-refractivity contribution < 1.29 is 9.36 Å². The number of anilines is 1. The van der Waals surface area contributed by atoms with Crippen molar-refractivity contribution in [1.29, 1.82) is 0 Å². The molecule has 0 saturated carbocycles. The first-order valence-corrected chi connectivity index (χ1v) is 10.9. The maximum atomic E-state index is 14.2. The fourth-order valence-corrected chi connectivity index (χ4v) is 5.81. The van der Waals surface area contributed by atoms with Crippen LogP contribution >= 0.6 is 7.14 Å². The summed E-state index contributed by atoms with van der Waals surface area (Å²) in [6.07, 6.45) is 1.85. The monoisotopic (exact) mass is 385 g/mol. The van der Waals surface area contributed by atoms with Gasteiger partial charge in [-0.15, -0.1) is 0 Å². The van der Waals surface area contributed by atoms with Crippen molar-refractivity contribution in [3.8, 4) is 0 Å². The van der Waals surface area contributed by atoms with Crippen molar-refractivity contribution in [2.24, 2.45) is 0 Å². The minimum Gasteiger partial charge on any atom is -0.355 e. The van der Waals surface area contributed by atoms with Gasteiger partial charge in [-0.1, -0.05) is 78.9 Å². The van der Waals surface area contributed by atoms with E-state index in [2.05, 4.69) is 5.32 Å². The summed E-state index contributed by atoms with van der Waals surface area (Å²) < 4.78 is 14.2. The van der Waals surface area contributed by atoms with Crippen LogP contribution in [0.5, 0.6) is 0 Å². The molecule has 3 aromatic carbocycles. The quantitative estimate of drug-likeness (QED) is 0.639. The van der Waals surface area contributed by atoms with E-state index in [1.807, 2.05) is 91.0 Å². The Hall–Kier alpha value is -3.16. The summed E-state index contributed by atoms with van der Waals surface area (Å²) in [4.78, 5) is 12.2. The predicted molar refractivity (Wildman–Crippen MR) is 116 cm³/mol. The zero-order chi connectivity index (χ0) is 19.4. The molecule has 0 aromatic heterocycles. The third-order valence-corrected chi connectivity index (χ3v) is 7.49. The van der Waals surface area contributed by atoms with Crippen LogP contribution in [0.3, 0.4) is 0 Å². The number of rotatable bonds is 5. The summed E-state index contributed by atoms with van der Waals surface area (Å²) in [5.74, 6) is 1.81. The molecule has 0 atom stereocenters. The molecule has 0 saturated heterocycles. The fourth-order valence-electron chi connectivity index (χ4n) is 3.31. The van der Waals surface area contributed by atoms with E-state index in [0.717, 1.165) is 21.9 Å². The Morgan fingerprint density at radius 2 is 1.25 bits per heavy atom. The van der Waals surface area contributed by atoms with Crippen molar-refractivity contribution in [3.05, 3.63) is 114 Å². The second-order valence-electron chi connectivity index (χ2n) is 6.68. The van der Waals surface area contributed by atoms with Crippen LogP contribution in [0, 0.1) is 0 Å². The maximum absolute atomic E-state index is 14.2. The highest BCUT2D eigenvalue weighted by molar-refractivity contribution is 7.81. The molecule has 0 bridgehead atoms. The molecule has 0 heterocycles. The van der Waals surface area contributed by atoms with Crippen LogP contribution in [-0.2, 0) is 9.36 Å². The van der Waals surface area contributed by atoms with Crippen molar-refractivity contribution in [1.82, 2.24) is 0 Å². The van der Waals surface area contributed by atoms with Gasteiger partial charge in [0.2, 0.25) is 0 Å². The first-order chi connectivity index (χ1) is 13.6. The third kappa shape index (κ3) is 3.76. The summed E-state index contributed by atoms with van der Waals surface area (Å²) in [5.41, 5.74) is 2.37. The van der Waals surface area contributed by atoms with Gasteiger partial charge in [0.15, 0.2) is 12.9 Å². The van der Waals surface area contributed by atoms with Crippen LogP contribution in [-0.4, -0.2) is 5.78 Å². The molecule has 28 heavy (non-hydrogen) atoms. The topological polar surface area (TPSA) is 46.2 Å². The molecule has 0 radical (unpaired) electrons. The van der Waals surface area contributed by atoms with Crippen LogP contribution < -0.4 is 15.9 Å². The highest BCUT2D eigenvalue weighted by Crippen LogP contribution is 2.48. The largest absolute Gasteiger partial charge is 0.355 e. The lowest BCUT2D eigenvalue weighted by atomic mass is 10.2. The van der Waals surface area contributed by atoms with Crippen LogP contribution in [0.2, 0.25) is 0 Å². The van der Waals surface area contributed by atoms with Crippen LogP contribution in [0.15, 0.2) is 114 Å². The van der Waals surface area contributed by atoms with E-state index in [0.29, 0.717) is 5.70 Å². The molecule has 0 unspecified atom stereocenters. The van der Waals surface area contributed by atoms with Gasteiger partial charge < -0.3 is 9.88 Å². The van der Waals surface area contributed by atoms with E-state index in [9.17, 15) is 9.36 Å². The average molecular weight is 385 g/mol. The summed E-state index contributed by atoms with van der Waals surface area (Å²) in [7, 11) is -3.04. The zero-order valence-electron chi connectivity index (χ0n) is 15.3. The average Bonchev–Trinajstić information content (AvgIpc) is 3.08. The minimum absolute atomic E-state index is 0.0114. The van der Waals surface area contributed by atoms with Gasteiger partial charge in [-0.05, 0) is 23.5 Å². The van der Waals surface area contributed by atoms with Crippen molar-refractivity contribution in [2.75, 3.05) is 5.32 Å². The summed E-state index contributed by atoms with van der Waals surface area (Å²) >= 11 is 0. The molecule has 3 nitrogen and oxygen atoms in total. The number of para-hydroxylation sites is 1. The summed E-state index contributed by atoms with van der Waals surface area (Å²) in [6.45, 7) is 0. The highest BCUT2D eigenvalue weighted by atomic mass is 31.2. The fraction of sp³-hybridized carbons (Fsp3) is 0.0417. The second kappa shape index (κ2) is 7.84. The van der Waals surface area contributed by atoms with E-state index >= 15 is 0 Å². The van der Waals surface area contributed by atoms with Crippen molar-refractivity contribution in [2.45, 2.75) is 6.42 Å². The number of carbonyl (C=O) groups is 1. The lowest BCUT2D eigenvalue weighted by Crippen LogP contribution is -2.15. The van der Waals surface area contributed by atoms with E-state index < -0.39 is 7.14 Å². The van der Waals surface area contributed by atoms with E-state index in [-0.39, 0.29) is 12.2 Å². The first kappa shape index (κ1) is 18.2. The number of nitrogens with one attached hydrogen (secondary N) is 1. The molecule has 3 aromatic rings. The zero-order valence-corrected chi connectivity index (χ0v) is 16.2. The molecule has 0 fully saturated rings. The molecule has 1 N–H and O–H groups in total. The van der Waals surface area contributed by atoms with Gasteiger partial charge in [-0.2, -0.15) is 0 Å². The molecule has 0 spiro atoms. The summed E-state index contributed by atoms with van der Waals surface area (Å²) in [5, 5.41) is 4.81. The lowest BCUT2D eigenvalue weighted by molar-refractivity contribution is -0.113. The molecule has 1 aliphatic rings. The molecule has 4 rings (SSSR count). The predicted octanol–water partition coefficient (Wildman–Crippen LogP) is 4.85. The molecule has 138 valence electrons. The molecular formula is C24H20NO2P. The Balaban J connectivity index is 1.79. The van der Waals surface area contributed by atoms with Gasteiger partial charge in [0, 0.05) is 34.5 Å². The number of hydrogen-bond acceptors (Lipinski definition) is 3. The van der Waals surface area contributed by atoms with Gasteiger partial charge in [-0.25, -0.2) is 0 Å². The Labute approximate surface area is 164 Å². The van der Waals surface area contributed by atoms with Crippen LogP contribution in [0.1, 0.15) is 6.42 Å². The maximum Gasteiger partial charge on any atom is 0.164 e. The molecule has 0 aliphatic heterocycles. The molecule has 1 aliphatic carbocycles. The Kier molecular flexibility index (Phi) is 5.10.